The van der Waals surface area contributed by atoms with Crippen molar-refractivity contribution in [2.75, 3.05) is 12.8 Å². The van der Waals surface area contributed by atoms with Crippen LogP contribution in [0.15, 0.2) is 29.2 Å². The monoisotopic (exact) mass is 236 g/mol. The molecule has 1 N–H and O–H groups in total. The smallest absolute Gasteiger partial charge is 0.178 e. The maximum atomic E-state index is 11.9. The van der Waals surface area contributed by atoms with E-state index < -0.39 is 15.4 Å². The van der Waals surface area contributed by atoms with Gasteiger partial charge in [0, 0.05) is 5.56 Å². The minimum absolute atomic E-state index is 0.0123. The highest BCUT2D eigenvalue weighted by Gasteiger charge is 2.41. The van der Waals surface area contributed by atoms with Gasteiger partial charge in [0.1, 0.15) is 5.54 Å². The van der Waals surface area contributed by atoms with Crippen molar-refractivity contribution in [3.8, 4) is 6.07 Å². The molecule has 1 aliphatic heterocycles. The predicted molar refractivity (Wildman–Crippen MR) is 59.5 cm³/mol. The van der Waals surface area contributed by atoms with Crippen molar-refractivity contribution < 1.29 is 8.42 Å². The summed E-state index contributed by atoms with van der Waals surface area (Å²) in [6.45, 7) is 0. The summed E-state index contributed by atoms with van der Waals surface area (Å²) in [5.74, 6) is 0.0123. The molecular weight excluding hydrogens is 224 g/mol. The van der Waals surface area contributed by atoms with Crippen molar-refractivity contribution >= 4 is 9.84 Å². The molecule has 1 aliphatic rings. The van der Waals surface area contributed by atoms with Crippen LogP contribution in [0, 0.1) is 11.3 Å². The van der Waals surface area contributed by atoms with Gasteiger partial charge in [-0.25, -0.2) is 8.42 Å². The highest BCUT2D eigenvalue weighted by Crippen LogP contribution is 2.36. The van der Waals surface area contributed by atoms with Crippen LogP contribution in [0.25, 0.3) is 0 Å². The molecule has 0 aromatic heterocycles. The van der Waals surface area contributed by atoms with Crippen molar-refractivity contribution in [2.45, 2.75) is 16.9 Å². The topological polar surface area (TPSA) is 70.0 Å². The Morgan fingerprint density at radius 1 is 1.44 bits per heavy atom. The molecule has 1 aromatic rings. The third kappa shape index (κ3) is 1.42. The summed E-state index contributed by atoms with van der Waals surface area (Å²) >= 11 is 0. The van der Waals surface area contributed by atoms with Crippen molar-refractivity contribution in [1.29, 1.82) is 5.26 Å². The van der Waals surface area contributed by atoms with E-state index in [-0.39, 0.29) is 10.6 Å². The quantitative estimate of drug-likeness (QED) is 0.783. The van der Waals surface area contributed by atoms with Gasteiger partial charge >= 0.3 is 0 Å². The Kier molecular flexibility index (Phi) is 2.49. The highest BCUT2D eigenvalue weighted by atomic mass is 32.2. The number of nitrogens with one attached hydrogen (secondary N) is 1. The van der Waals surface area contributed by atoms with E-state index in [4.69, 9.17) is 0 Å². The second-order valence-corrected chi connectivity index (χ2v) is 5.91. The Labute approximate surface area is 94.8 Å². The molecule has 5 heteroatoms. The molecule has 0 amide bonds. The molecule has 0 bridgehead atoms. The fourth-order valence-electron chi connectivity index (χ4n) is 2.05. The summed E-state index contributed by atoms with van der Waals surface area (Å²) in [5.41, 5.74) is -0.312. The number of sulfone groups is 1. The zero-order valence-corrected chi connectivity index (χ0v) is 9.71. The standard InChI is InChI=1S/C11H12N2O2S/c1-13-11(8-12)6-7-16(14,15)10-5-3-2-4-9(10)11/h2-5,13H,6-7H2,1H3. The molecule has 0 saturated heterocycles. The van der Waals surface area contributed by atoms with Crippen LogP contribution < -0.4 is 5.32 Å². The number of rotatable bonds is 1. The van der Waals surface area contributed by atoms with Crippen LogP contribution in [-0.4, -0.2) is 21.2 Å². The van der Waals surface area contributed by atoms with Gasteiger partial charge in [-0.3, -0.25) is 5.32 Å². The molecule has 1 heterocycles. The first-order chi connectivity index (χ1) is 7.56. The number of fused-ring (bicyclic) bond motifs is 1. The largest absolute Gasteiger partial charge is 0.299 e. The van der Waals surface area contributed by atoms with Crippen LogP contribution in [0.3, 0.4) is 0 Å². The van der Waals surface area contributed by atoms with Crippen molar-refractivity contribution in [3.05, 3.63) is 29.8 Å². The third-order valence-corrected chi connectivity index (χ3v) is 4.81. The zero-order valence-electron chi connectivity index (χ0n) is 8.90. The van der Waals surface area contributed by atoms with E-state index >= 15 is 0 Å². The fourth-order valence-corrected chi connectivity index (χ4v) is 3.71. The third-order valence-electron chi connectivity index (χ3n) is 3.05. The van der Waals surface area contributed by atoms with Crippen molar-refractivity contribution in [2.24, 2.45) is 0 Å². The minimum Gasteiger partial charge on any atom is -0.299 e. The highest BCUT2D eigenvalue weighted by molar-refractivity contribution is 7.91. The maximum Gasteiger partial charge on any atom is 0.178 e. The first kappa shape index (κ1) is 11.1. The number of benzene rings is 1. The van der Waals surface area contributed by atoms with Crippen molar-refractivity contribution in [1.82, 2.24) is 5.32 Å². The predicted octanol–water partition coefficient (Wildman–Crippen LogP) is 0.802. The molecule has 0 radical (unpaired) electrons. The summed E-state index contributed by atoms with van der Waals surface area (Å²) in [7, 11) is -1.55. The van der Waals surface area contributed by atoms with Gasteiger partial charge in [-0.1, -0.05) is 18.2 Å². The summed E-state index contributed by atoms with van der Waals surface area (Å²) in [4.78, 5) is 0.275. The van der Waals surface area contributed by atoms with Gasteiger partial charge in [0.2, 0.25) is 0 Å². The van der Waals surface area contributed by atoms with Crippen LogP contribution in [0.5, 0.6) is 0 Å². The average Bonchev–Trinajstić information content (AvgIpc) is 2.31. The molecular formula is C11H12N2O2S. The molecule has 1 aromatic carbocycles. The second-order valence-electron chi connectivity index (χ2n) is 3.83. The molecule has 0 fully saturated rings. The number of nitriles is 1. The SMILES string of the molecule is CNC1(C#N)CCS(=O)(=O)c2ccccc21. The number of hydrogen-bond donors (Lipinski definition) is 1. The molecule has 0 aliphatic carbocycles. The Hall–Kier alpha value is -1.38. The van der Waals surface area contributed by atoms with Gasteiger partial charge in [0.15, 0.2) is 9.84 Å². The molecule has 0 saturated carbocycles. The number of nitrogens with zero attached hydrogens (tertiary/aromatic N) is 1. The lowest BCUT2D eigenvalue weighted by molar-refractivity contribution is 0.431. The Balaban J connectivity index is 2.75. The fraction of sp³-hybridized carbons (Fsp3) is 0.364. The summed E-state index contributed by atoms with van der Waals surface area (Å²) in [5, 5.41) is 12.2. The van der Waals surface area contributed by atoms with Crippen LogP contribution in [-0.2, 0) is 15.4 Å². The summed E-state index contributed by atoms with van der Waals surface area (Å²) < 4.78 is 23.7. The second kappa shape index (κ2) is 3.58. The zero-order chi connectivity index (χ0) is 11.8. The van der Waals surface area contributed by atoms with Crippen LogP contribution in [0.4, 0.5) is 0 Å². The van der Waals surface area contributed by atoms with Crippen LogP contribution >= 0.6 is 0 Å². The molecule has 2 rings (SSSR count). The lowest BCUT2D eigenvalue weighted by Crippen LogP contribution is -2.44. The molecule has 84 valence electrons. The molecule has 16 heavy (non-hydrogen) atoms. The first-order valence-electron chi connectivity index (χ1n) is 4.98. The Morgan fingerprint density at radius 3 is 2.75 bits per heavy atom. The van der Waals surface area contributed by atoms with Crippen LogP contribution in [0.2, 0.25) is 0 Å². The lowest BCUT2D eigenvalue weighted by Gasteiger charge is -2.32. The van der Waals surface area contributed by atoms with E-state index in [9.17, 15) is 13.7 Å². The van der Waals surface area contributed by atoms with E-state index in [1.807, 2.05) is 0 Å². The lowest BCUT2D eigenvalue weighted by atomic mass is 9.88. The molecule has 4 nitrogen and oxygen atoms in total. The van der Waals surface area contributed by atoms with E-state index in [1.54, 1.807) is 31.3 Å². The van der Waals surface area contributed by atoms with Gasteiger partial charge < -0.3 is 0 Å². The minimum atomic E-state index is -3.22. The molecule has 0 spiro atoms. The van der Waals surface area contributed by atoms with E-state index in [2.05, 4.69) is 11.4 Å². The van der Waals surface area contributed by atoms with Gasteiger partial charge in [-0.2, -0.15) is 5.26 Å². The van der Waals surface area contributed by atoms with Gasteiger partial charge in [0.05, 0.1) is 16.7 Å². The normalized spacial score (nSPS) is 26.8. The van der Waals surface area contributed by atoms with E-state index in [1.165, 1.54) is 0 Å². The van der Waals surface area contributed by atoms with Gasteiger partial charge in [-0.15, -0.1) is 0 Å². The van der Waals surface area contributed by atoms with E-state index in [0.29, 0.717) is 12.0 Å². The molecule has 1 atom stereocenters. The van der Waals surface area contributed by atoms with Gasteiger partial charge in [-0.05, 0) is 19.5 Å². The van der Waals surface area contributed by atoms with Crippen LogP contribution in [0.1, 0.15) is 12.0 Å². The average molecular weight is 236 g/mol. The summed E-state index contributed by atoms with van der Waals surface area (Å²) in [6.07, 6.45) is 0.291. The van der Waals surface area contributed by atoms with Crippen molar-refractivity contribution in [3.63, 3.8) is 0 Å². The summed E-state index contributed by atoms with van der Waals surface area (Å²) in [6, 6.07) is 8.88. The Morgan fingerprint density at radius 2 is 2.12 bits per heavy atom. The Bertz CT molecular complexity index is 560. The maximum absolute atomic E-state index is 11.9. The number of hydrogen-bond acceptors (Lipinski definition) is 4. The molecule has 1 unspecified atom stereocenters. The van der Waals surface area contributed by atoms with Gasteiger partial charge in [0.25, 0.3) is 0 Å². The first-order valence-corrected chi connectivity index (χ1v) is 6.63. The van der Waals surface area contributed by atoms with E-state index in [0.717, 1.165) is 0 Å².